The molecule has 28 heavy (non-hydrogen) atoms. The Bertz CT molecular complexity index is 1180. The van der Waals surface area contributed by atoms with E-state index in [1.165, 1.54) is 21.1 Å². The predicted octanol–water partition coefficient (Wildman–Crippen LogP) is 3.04. The van der Waals surface area contributed by atoms with Crippen LogP contribution in [0.3, 0.4) is 0 Å². The molecule has 0 aromatic carbocycles. The van der Waals surface area contributed by atoms with Gasteiger partial charge in [0, 0.05) is 13.2 Å². The minimum absolute atomic E-state index is 0.235. The van der Waals surface area contributed by atoms with Gasteiger partial charge in [-0.3, -0.25) is 18.9 Å². The lowest BCUT2D eigenvalue weighted by atomic mass is 10.2. The average molecular weight is 412 g/mol. The summed E-state index contributed by atoms with van der Waals surface area (Å²) in [5.41, 5.74) is 1.45. The number of amides is 1. The van der Waals surface area contributed by atoms with Gasteiger partial charge in [-0.1, -0.05) is 30.0 Å². The van der Waals surface area contributed by atoms with Crippen molar-refractivity contribution in [1.29, 1.82) is 0 Å². The fourth-order valence-electron chi connectivity index (χ4n) is 2.84. The van der Waals surface area contributed by atoms with Crippen molar-refractivity contribution >= 4 is 51.7 Å². The summed E-state index contributed by atoms with van der Waals surface area (Å²) in [7, 11) is 1.61. The van der Waals surface area contributed by atoms with E-state index >= 15 is 0 Å². The Balaban J connectivity index is 1.86. The molecule has 4 rings (SSSR count). The van der Waals surface area contributed by atoms with Crippen molar-refractivity contribution in [3.63, 3.8) is 0 Å². The number of anilines is 1. The van der Waals surface area contributed by atoms with Gasteiger partial charge in [0.15, 0.2) is 0 Å². The molecule has 0 saturated carbocycles. The second kappa shape index (κ2) is 7.25. The standard InChI is InChI=1S/C19H16N4O3S2/c1-11-5-3-7-23-16(11)21-15(20-10-12-6-4-8-26-12)13(17(23)24)9-14-18(25)22(2)19(27)28-14/h3-9,20H,10H2,1-2H3/b14-9-. The highest BCUT2D eigenvalue weighted by molar-refractivity contribution is 8.26. The zero-order valence-electron chi connectivity index (χ0n) is 15.1. The summed E-state index contributed by atoms with van der Waals surface area (Å²) < 4.78 is 7.27. The van der Waals surface area contributed by atoms with E-state index in [2.05, 4.69) is 10.3 Å². The van der Waals surface area contributed by atoms with E-state index in [9.17, 15) is 9.59 Å². The van der Waals surface area contributed by atoms with Crippen molar-refractivity contribution in [1.82, 2.24) is 14.3 Å². The lowest BCUT2D eigenvalue weighted by molar-refractivity contribution is -0.121. The van der Waals surface area contributed by atoms with Crippen LogP contribution in [0.4, 0.5) is 5.82 Å². The molecule has 1 amide bonds. The number of nitrogens with zero attached hydrogens (tertiary/aromatic N) is 3. The zero-order valence-corrected chi connectivity index (χ0v) is 16.8. The van der Waals surface area contributed by atoms with Crippen molar-refractivity contribution < 1.29 is 9.21 Å². The highest BCUT2D eigenvalue weighted by atomic mass is 32.2. The van der Waals surface area contributed by atoms with Crippen LogP contribution in [0.1, 0.15) is 16.9 Å². The Hall–Kier alpha value is -2.91. The van der Waals surface area contributed by atoms with E-state index in [1.54, 1.807) is 37.7 Å². The van der Waals surface area contributed by atoms with E-state index < -0.39 is 0 Å². The maximum absolute atomic E-state index is 13.2. The minimum atomic E-state index is -0.267. The van der Waals surface area contributed by atoms with Gasteiger partial charge < -0.3 is 9.73 Å². The van der Waals surface area contributed by atoms with Crippen molar-refractivity contribution in [2.24, 2.45) is 0 Å². The number of pyridine rings is 1. The number of carbonyl (C=O) groups is 1. The molecule has 7 nitrogen and oxygen atoms in total. The molecule has 1 aliphatic heterocycles. The molecule has 1 saturated heterocycles. The van der Waals surface area contributed by atoms with Crippen LogP contribution in [-0.2, 0) is 11.3 Å². The highest BCUT2D eigenvalue weighted by Crippen LogP contribution is 2.32. The van der Waals surface area contributed by atoms with Crippen LogP contribution in [0.2, 0.25) is 0 Å². The summed E-state index contributed by atoms with van der Waals surface area (Å²) >= 11 is 6.34. The molecule has 0 unspecified atom stereocenters. The van der Waals surface area contributed by atoms with Gasteiger partial charge in [0.25, 0.3) is 11.5 Å². The second-order valence-corrected chi connectivity index (χ2v) is 7.91. The van der Waals surface area contributed by atoms with Gasteiger partial charge in [-0.2, -0.15) is 0 Å². The third-order valence-electron chi connectivity index (χ3n) is 4.36. The average Bonchev–Trinajstić information content (AvgIpc) is 3.28. The first-order valence-electron chi connectivity index (χ1n) is 8.45. The number of hydrogen-bond acceptors (Lipinski definition) is 7. The normalized spacial score (nSPS) is 15.8. The molecule has 1 fully saturated rings. The fourth-order valence-corrected chi connectivity index (χ4v) is 4.00. The van der Waals surface area contributed by atoms with E-state index in [-0.39, 0.29) is 11.5 Å². The number of aromatic nitrogens is 2. The molecule has 3 aromatic heterocycles. The van der Waals surface area contributed by atoms with Gasteiger partial charge in [-0.15, -0.1) is 0 Å². The van der Waals surface area contributed by atoms with Crippen LogP contribution < -0.4 is 10.9 Å². The highest BCUT2D eigenvalue weighted by Gasteiger charge is 2.29. The molecule has 0 atom stereocenters. The number of furan rings is 1. The summed E-state index contributed by atoms with van der Waals surface area (Å²) in [5, 5.41) is 3.16. The summed E-state index contributed by atoms with van der Waals surface area (Å²) in [6.45, 7) is 2.25. The third kappa shape index (κ3) is 3.23. The first kappa shape index (κ1) is 18.5. The zero-order chi connectivity index (χ0) is 19.8. The molecule has 0 spiro atoms. The molecular formula is C19H16N4O3S2. The summed E-state index contributed by atoms with van der Waals surface area (Å²) in [6, 6.07) is 7.29. The minimum Gasteiger partial charge on any atom is -0.467 e. The molecule has 1 N–H and O–H groups in total. The van der Waals surface area contributed by atoms with E-state index in [0.717, 1.165) is 5.56 Å². The van der Waals surface area contributed by atoms with Crippen LogP contribution in [0.15, 0.2) is 50.8 Å². The molecule has 3 aromatic rings. The Labute approximate surface area is 170 Å². The van der Waals surface area contributed by atoms with E-state index in [0.29, 0.717) is 38.6 Å². The van der Waals surface area contributed by atoms with Crippen LogP contribution in [0.5, 0.6) is 0 Å². The molecule has 142 valence electrons. The van der Waals surface area contributed by atoms with Crippen molar-refractivity contribution in [3.8, 4) is 0 Å². The number of likely N-dealkylation sites (N-methyl/N-ethyl adjacent to an activating group) is 1. The van der Waals surface area contributed by atoms with Crippen LogP contribution >= 0.6 is 24.0 Å². The number of nitrogens with one attached hydrogen (secondary N) is 1. The number of fused-ring (bicyclic) bond motifs is 1. The molecule has 0 bridgehead atoms. The molecular weight excluding hydrogens is 396 g/mol. The second-order valence-electron chi connectivity index (χ2n) is 6.24. The lowest BCUT2D eigenvalue weighted by Gasteiger charge is -2.11. The number of aryl methyl sites for hydroxylation is 1. The Kier molecular flexibility index (Phi) is 4.78. The lowest BCUT2D eigenvalue weighted by Crippen LogP contribution is -2.23. The summed E-state index contributed by atoms with van der Waals surface area (Å²) in [5.74, 6) is 0.857. The Morgan fingerprint density at radius 3 is 2.82 bits per heavy atom. The fraction of sp³-hybridized carbons (Fsp3) is 0.158. The van der Waals surface area contributed by atoms with Gasteiger partial charge in [-0.25, -0.2) is 4.98 Å². The van der Waals surface area contributed by atoms with Gasteiger partial charge in [0.2, 0.25) is 0 Å². The predicted molar refractivity (Wildman–Crippen MR) is 113 cm³/mol. The summed E-state index contributed by atoms with van der Waals surface area (Å²) in [4.78, 5) is 32.0. The SMILES string of the molecule is Cc1cccn2c(=O)c(/C=C3\SC(=S)N(C)C3=O)c(NCc3ccco3)nc12. The van der Waals surface area contributed by atoms with E-state index in [1.807, 2.05) is 19.1 Å². The van der Waals surface area contributed by atoms with E-state index in [4.69, 9.17) is 16.6 Å². The van der Waals surface area contributed by atoms with Gasteiger partial charge >= 0.3 is 0 Å². The molecule has 9 heteroatoms. The number of hydrogen-bond donors (Lipinski definition) is 1. The first-order valence-corrected chi connectivity index (χ1v) is 9.68. The number of thiocarbonyl (C=S) groups is 1. The summed E-state index contributed by atoms with van der Waals surface area (Å²) in [6.07, 6.45) is 4.80. The molecule has 0 aliphatic carbocycles. The first-order chi connectivity index (χ1) is 13.5. The van der Waals surface area contributed by atoms with Crippen molar-refractivity contribution in [3.05, 3.63) is 68.9 Å². The van der Waals surface area contributed by atoms with Gasteiger partial charge in [0.1, 0.15) is 21.5 Å². The van der Waals surface area contributed by atoms with Crippen LogP contribution in [0, 0.1) is 6.92 Å². The topological polar surface area (TPSA) is 79.9 Å². The van der Waals surface area contributed by atoms with Gasteiger partial charge in [0.05, 0.1) is 23.3 Å². The Morgan fingerprint density at radius 1 is 1.32 bits per heavy atom. The Morgan fingerprint density at radius 2 is 2.14 bits per heavy atom. The van der Waals surface area contributed by atoms with Crippen molar-refractivity contribution in [2.45, 2.75) is 13.5 Å². The number of rotatable bonds is 4. The van der Waals surface area contributed by atoms with Gasteiger partial charge in [-0.05, 0) is 36.8 Å². The van der Waals surface area contributed by atoms with Crippen molar-refractivity contribution in [2.75, 3.05) is 12.4 Å². The monoisotopic (exact) mass is 412 g/mol. The number of carbonyl (C=O) groups excluding carboxylic acids is 1. The van der Waals surface area contributed by atoms with Crippen LogP contribution in [-0.4, -0.2) is 31.6 Å². The maximum atomic E-state index is 13.2. The quantitative estimate of drug-likeness (QED) is 0.521. The molecule has 4 heterocycles. The maximum Gasteiger partial charge on any atom is 0.267 e. The smallest absolute Gasteiger partial charge is 0.267 e. The molecule has 1 aliphatic rings. The number of thioether (sulfide) groups is 1. The molecule has 0 radical (unpaired) electrons. The largest absolute Gasteiger partial charge is 0.467 e. The van der Waals surface area contributed by atoms with Crippen LogP contribution in [0.25, 0.3) is 11.7 Å². The third-order valence-corrected chi connectivity index (χ3v) is 5.84.